The van der Waals surface area contributed by atoms with Crippen molar-refractivity contribution in [1.29, 1.82) is 0 Å². The van der Waals surface area contributed by atoms with E-state index < -0.39 is 0 Å². The Morgan fingerprint density at radius 2 is 2.18 bits per heavy atom. The zero-order valence-electron chi connectivity index (χ0n) is 10.8. The Labute approximate surface area is 103 Å². The van der Waals surface area contributed by atoms with Gasteiger partial charge in [-0.3, -0.25) is 4.90 Å². The molecule has 0 radical (unpaired) electrons. The Hall–Kier alpha value is -1.00. The fourth-order valence-electron chi connectivity index (χ4n) is 2.37. The molecule has 4 nitrogen and oxygen atoms in total. The Bertz CT molecular complexity index is 347. The van der Waals surface area contributed by atoms with Crippen molar-refractivity contribution in [3.63, 3.8) is 0 Å². The standard InChI is InChI=1S/C13H22N4/c1-3-4-12(17-9-7-14-8-10-17)13-15-6-5-11(2)16-13/h5-6,12,14H,3-4,7-10H2,1-2H3. The normalized spacial score (nSPS) is 19.2. The minimum atomic E-state index is 0.391. The third kappa shape index (κ3) is 3.23. The lowest BCUT2D eigenvalue weighted by atomic mass is 10.1. The Kier molecular flexibility index (Phi) is 4.45. The van der Waals surface area contributed by atoms with Crippen LogP contribution in [0, 0.1) is 6.92 Å². The van der Waals surface area contributed by atoms with Crippen LogP contribution in [0.4, 0.5) is 0 Å². The van der Waals surface area contributed by atoms with Gasteiger partial charge in [0, 0.05) is 38.1 Å². The average Bonchev–Trinajstić information content (AvgIpc) is 2.37. The molecule has 1 fully saturated rings. The van der Waals surface area contributed by atoms with Gasteiger partial charge < -0.3 is 5.32 Å². The van der Waals surface area contributed by atoms with Crippen molar-refractivity contribution < 1.29 is 0 Å². The van der Waals surface area contributed by atoms with Crippen LogP contribution in [-0.4, -0.2) is 41.0 Å². The van der Waals surface area contributed by atoms with E-state index >= 15 is 0 Å². The molecule has 0 bridgehead atoms. The molecule has 1 aromatic rings. The van der Waals surface area contributed by atoms with Gasteiger partial charge in [-0.05, 0) is 19.4 Å². The molecule has 1 aliphatic heterocycles. The molecular formula is C13H22N4. The van der Waals surface area contributed by atoms with E-state index in [1.54, 1.807) is 0 Å². The maximum absolute atomic E-state index is 4.59. The van der Waals surface area contributed by atoms with Crippen molar-refractivity contribution in [2.24, 2.45) is 0 Å². The monoisotopic (exact) mass is 234 g/mol. The first-order chi connectivity index (χ1) is 8.31. The van der Waals surface area contributed by atoms with E-state index in [0.717, 1.165) is 44.1 Å². The zero-order chi connectivity index (χ0) is 12.1. The summed E-state index contributed by atoms with van der Waals surface area (Å²) >= 11 is 0. The van der Waals surface area contributed by atoms with Gasteiger partial charge in [-0.15, -0.1) is 0 Å². The lowest BCUT2D eigenvalue weighted by Gasteiger charge is -2.34. The van der Waals surface area contributed by atoms with E-state index in [1.165, 1.54) is 6.42 Å². The molecule has 0 aromatic carbocycles. The number of piperazine rings is 1. The van der Waals surface area contributed by atoms with Crippen molar-refractivity contribution in [1.82, 2.24) is 20.2 Å². The van der Waals surface area contributed by atoms with Gasteiger partial charge in [0.15, 0.2) is 0 Å². The number of hydrogen-bond acceptors (Lipinski definition) is 4. The van der Waals surface area contributed by atoms with Gasteiger partial charge >= 0.3 is 0 Å². The number of nitrogens with one attached hydrogen (secondary N) is 1. The second kappa shape index (κ2) is 6.07. The van der Waals surface area contributed by atoms with Crippen LogP contribution in [0.15, 0.2) is 12.3 Å². The second-order valence-electron chi connectivity index (χ2n) is 4.65. The van der Waals surface area contributed by atoms with E-state index in [2.05, 4.69) is 27.1 Å². The third-order valence-electron chi connectivity index (χ3n) is 3.27. The van der Waals surface area contributed by atoms with Crippen LogP contribution in [0.25, 0.3) is 0 Å². The maximum Gasteiger partial charge on any atom is 0.145 e. The van der Waals surface area contributed by atoms with Crippen LogP contribution < -0.4 is 5.32 Å². The highest BCUT2D eigenvalue weighted by Gasteiger charge is 2.23. The number of aromatic nitrogens is 2. The first-order valence-corrected chi connectivity index (χ1v) is 6.55. The minimum Gasteiger partial charge on any atom is -0.314 e. The molecule has 2 heterocycles. The fraction of sp³-hybridized carbons (Fsp3) is 0.692. The molecule has 0 amide bonds. The van der Waals surface area contributed by atoms with Crippen LogP contribution in [0.2, 0.25) is 0 Å². The topological polar surface area (TPSA) is 41.1 Å². The van der Waals surface area contributed by atoms with Crippen LogP contribution in [0.1, 0.15) is 37.3 Å². The lowest BCUT2D eigenvalue weighted by molar-refractivity contribution is 0.158. The molecule has 1 unspecified atom stereocenters. The molecule has 1 N–H and O–H groups in total. The van der Waals surface area contributed by atoms with Crippen molar-refractivity contribution in [3.05, 3.63) is 23.8 Å². The van der Waals surface area contributed by atoms with E-state index in [0.29, 0.717) is 6.04 Å². The van der Waals surface area contributed by atoms with Gasteiger partial charge in [-0.25, -0.2) is 9.97 Å². The highest BCUT2D eigenvalue weighted by atomic mass is 15.2. The molecule has 1 saturated heterocycles. The summed E-state index contributed by atoms with van der Waals surface area (Å²) in [6.07, 6.45) is 4.19. The smallest absolute Gasteiger partial charge is 0.145 e. The Morgan fingerprint density at radius 1 is 1.41 bits per heavy atom. The van der Waals surface area contributed by atoms with E-state index in [9.17, 15) is 0 Å². The molecular weight excluding hydrogens is 212 g/mol. The highest BCUT2D eigenvalue weighted by molar-refractivity contribution is 5.04. The molecule has 1 aliphatic rings. The Balaban J connectivity index is 2.15. The van der Waals surface area contributed by atoms with E-state index in [-0.39, 0.29) is 0 Å². The minimum absolute atomic E-state index is 0.391. The number of aryl methyl sites for hydroxylation is 1. The lowest BCUT2D eigenvalue weighted by Crippen LogP contribution is -2.45. The molecule has 0 aliphatic carbocycles. The predicted molar refractivity (Wildman–Crippen MR) is 68.9 cm³/mol. The van der Waals surface area contributed by atoms with Gasteiger partial charge in [-0.2, -0.15) is 0 Å². The maximum atomic E-state index is 4.59. The Morgan fingerprint density at radius 3 is 2.82 bits per heavy atom. The van der Waals surface area contributed by atoms with Gasteiger partial charge in [-0.1, -0.05) is 13.3 Å². The largest absolute Gasteiger partial charge is 0.314 e. The molecule has 0 spiro atoms. The van der Waals surface area contributed by atoms with Gasteiger partial charge in [0.2, 0.25) is 0 Å². The summed E-state index contributed by atoms with van der Waals surface area (Å²) in [5, 5.41) is 3.39. The first kappa shape index (κ1) is 12.5. The highest BCUT2D eigenvalue weighted by Crippen LogP contribution is 2.22. The van der Waals surface area contributed by atoms with Crippen LogP contribution >= 0.6 is 0 Å². The summed E-state index contributed by atoms with van der Waals surface area (Å²) in [7, 11) is 0. The summed E-state index contributed by atoms with van der Waals surface area (Å²) in [6, 6.07) is 2.35. The van der Waals surface area contributed by atoms with Gasteiger partial charge in [0.1, 0.15) is 5.82 Å². The molecule has 4 heteroatoms. The molecule has 94 valence electrons. The average molecular weight is 234 g/mol. The van der Waals surface area contributed by atoms with Crippen molar-refractivity contribution >= 4 is 0 Å². The van der Waals surface area contributed by atoms with Crippen LogP contribution in [0.5, 0.6) is 0 Å². The summed E-state index contributed by atoms with van der Waals surface area (Å²) in [5.41, 5.74) is 1.06. The fourth-order valence-corrected chi connectivity index (χ4v) is 2.37. The van der Waals surface area contributed by atoms with Gasteiger partial charge in [0.05, 0.1) is 6.04 Å². The van der Waals surface area contributed by atoms with Crippen molar-refractivity contribution in [2.45, 2.75) is 32.7 Å². The van der Waals surface area contributed by atoms with Crippen molar-refractivity contribution in [3.8, 4) is 0 Å². The van der Waals surface area contributed by atoms with Crippen LogP contribution in [-0.2, 0) is 0 Å². The molecule has 1 aromatic heterocycles. The summed E-state index contributed by atoms with van der Waals surface area (Å²) < 4.78 is 0. The number of nitrogens with zero attached hydrogens (tertiary/aromatic N) is 3. The van der Waals surface area contributed by atoms with Gasteiger partial charge in [0.25, 0.3) is 0 Å². The third-order valence-corrected chi connectivity index (χ3v) is 3.27. The molecule has 17 heavy (non-hydrogen) atoms. The summed E-state index contributed by atoms with van der Waals surface area (Å²) in [6.45, 7) is 8.61. The molecule has 2 rings (SSSR count). The predicted octanol–water partition coefficient (Wildman–Crippen LogP) is 1.53. The second-order valence-corrected chi connectivity index (χ2v) is 4.65. The quantitative estimate of drug-likeness (QED) is 0.858. The molecule has 1 atom stereocenters. The summed E-state index contributed by atoms with van der Waals surface area (Å²) in [5.74, 6) is 0.994. The van der Waals surface area contributed by atoms with E-state index in [1.807, 2.05) is 19.2 Å². The number of rotatable bonds is 4. The van der Waals surface area contributed by atoms with Crippen molar-refractivity contribution in [2.75, 3.05) is 26.2 Å². The summed E-state index contributed by atoms with van der Waals surface area (Å²) in [4.78, 5) is 11.6. The number of hydrogen-bond donors (Lipinski definition) is 1. The molecule has 0 saturated carbocycles. The van der Waals surface area contributed by atoms with Crippen LogP contribution in [0.3, 0.4) is 0 Å². The van der Waals surface area contributed by atoms with E-state index in [4.69, 9.17) is 0 Å². The zero-order valence-corrected chi connectivity index (χ0v) is 10.8. The SMILES string of the molecule is CCCC(c1nccc(C)n1)N1CCNCC1. The first-order valence-electron chi connectivity index (χ1n) is 6.55.